The molecular weight excluding hydrogens is 299 g/mol. The number of halogens is 2. The van der Waals surface area contributed by atoms with Crippen LogP contribution in [-0.2, 0) is 9.47 Å². The lowest BCUT2D eigenvalue weighted by atomic mass is 10.1. The summed E-state index contributed by atoms with van der Waals surface area (Å²) in [5.41, 5.74) is 6.88. The van der Waals surface area contributed by atoms with Crippen LogP contribution in [0, 0.1) is 0 Å². The monoisotopic (exact) mass is 320 g/mol. The maximum atomic E-state index is 6.28. The fourth-order valence-corrected chi connectivity index (χ4v) is 2.51. The minimum atomic E-state index is -0.00787. The summed E-state index contributed by atoms with van der Waals surface area (Å²) in [4.78, 5) is 2.20. The molecule has 0 fully saturated rings. The molecule has 0 aliphatic carbocycles. The van der Waals surface area contributed by atoms with Crippen molar-refractivity contribution in [2.24, 2.45) is 5.73 Å². The van der Waals surface area contributed by atoms with Crippen molar-refractivity contribution in [3.63, 3.8) is 0 Å². The summed E-state index contributed by atoms with van der Waals surface area (Å²) < 4.78 is 10.3. The Morgan fingerprint density at radius 3 is 2.25 bits per heavy atom. The van der Waals surface area contributed by atoms with Gasteiger partial charge in [0.25, 0.3) is 0 Å². The topological polar surface area (TPSA) is 47.7 Å². The third-order valence-electron chi connectivity index (χ3n) is 3.15. The number of ether oxygens (including phenoxy) is 2. The summed E-state index contributed by atoms with van der Waals surface area (Å²) in [5.74, 6) is 0. The van der Waals surface area contributed by atoms with E-state index in [1.165, 1.54) is 0 Å². The molecule has 1 atom stereocenters. The Labute approximate surface area is 130 Å². The molecule has 6 heteroatoms. The molecule has 0 aliphatic heterocycles. The molecule has 0 aromatic heterocycles. The van der Waals surface area contributed by atoms with Crippen LogP contribution < -0.4 is 5.73 Å². The van der Waals surface area contributed by atoms with Crippen molar-refractivity contribution in [3.8, 4) is 0 Å². The van der Waals surface area contributed by atoms with Crippen LogP contribution in [0.3, 0.4) is 0 Å². The number of nitrogens with two attached hydrogens (primary N) is 1. The molecular formula is C14H22Cl2N2O2. The van der Waals surface area contributed by atoms with E-state index in [0.717, 1.165) is 18.7 Å². The van der Waals surface area contributed by atoms with E-state index in [0.29, 0.717) is 29.8 Å². The van der Waals surface area contributed by atoms with Gasteiger partial charge in [-0.2, -0.15) is 0 Å². The molecule has 1 rings (SSSR count). The number of hydrogen-bond donors (Lipinski definition) is 1. The van der Waals surface area contributed by atoms with E-state index in [4.69, 9.17) is 38.4 Å². The number of hydrogen-bond acceptors (Lipinski definition) is 4. The molecule has 0 saturated carbocycles. The molecule has 0 heterocycles. The fraction of sp³-hybridized carbons (Fsp3) is 0.571. The van der Waals surface area contributed by atoms with E-state index in [9.17, 15) is 0 Å². The molecule has 2 N–H and O–H groups in total. The summed E-state index contributed by atoms with van der Waals surface area (Å²) in [7, 11) is 3.36. The number of methoxy groups -OCH3 is 2. The van der Waals surface area contributed by atoms with Crippen molar-refractivity contribution >= 4 is 23.2 Å². The summed E-state index contributed by atoms with van der Waals surface area (Å²) in [5, 5.41) is 1.32. The average Bonchev–Trinajstić information content (AvgIpc) is 2.45. The van der Waals surface area contributed by atoms with Gasteiger partial charge in [0, 0.05) is 49.9 Å². The predicted molar refractivity (Wildman–Crippen MR) is 83.6 cm³/mol. The molecule has 0 saturated heterocycles. The second kappa shape index (κ2) is 9.55. The maximum Gasteiger partial charge on any atom is 0.0589 e. The van der Waals surface area contributed by atoms with Gasteiger partial charge in [-0.1, -0.05) is 23.2 Å². The second-order valence-corrected chi connectivity index (χ2v) is 5.28. The number of nitrogens with zero attached hydrogens (tertiary/aromatic N) is 1. The Balaban J connectivity index is 2.94. The Morgan fingerprint density at radius 2 is 1.75 bits per heavy atom. The molecule has 0 amide bonds. The van der Waals surface area contributed by atoms with E-state index in [2.05, 4.69) is 4.90 Å². The lowest BCUT2D eigenvalue weighted by Crippen LogP contribution is -2.38. The van der Waals surface area contributed by atoms with Crippen molar-refractivity contribution in [1.29, 1.82) is 0 Å². The van der Waals surface area contributed by atoms with Crippen LogP contribution in [0.2, 0.25) is 10.0 Å². The number of rotatable bonds is 9. The van der Waals surface area contributed by atoms with Crippen LogP contribution in [0.25, 0.3) is 0 Å². The van der Waals surface area contributed by atoms with Crippen LogP contribution in [0.4, 0.5) is 0 Å². The van der Waals surface area contributed by atoms with Gasteiger partial charge in [-0.3, -0.25) is 4.90 Å². The zero-order valence-electron chi connectivity index (χ0n) is 11.9. The molecule has 114 valence electrons. The third-order valence-corrected chi connectivity index (χ3v) is 3.73. The Bertz CT molecular complexity index is 397. The van der Waals surface area contributed by atoms with Crippen molar-refractivity contribution in [3.05, 3.63) is 33.8 Å². The summed E-state index contributed by atoms with van der Waals surface area (Å²) >= 11 is 12.3. The first kappa shape index (κ1) is 17.7. The first-order valence-corrected chi connectivity index (χ1v) is 7.26. The Morgan fingerprint density at radius 1 is 1.15 bits per heavy atom. The van der Waals surface area contributed by atoms with Gasteiger partial charge in [0.15, 0.2) is 0 Å². The summed E-state index contributed by atoms with van der Waals surface area (Å²) in [6, 6.07) is 5.43. The van der Waals surface area contributed by atoms with E-state index in [-0.39, 0.29) is 6.04 Å². The van der Waals surface area contributed by atoms with Crippen LogP contribution in [0.15, 0.2) is 18.2 Å². The van der Waals surface area contributed by atoms with E-state index < -0.39 is 0 Å². The van der Waals surface area contributed by atoms with Gasteiger partial charge >= 0.3 is 0 Å². The molecule has 0 radical (unpaired) electrons. The van der Waals surface area contributed by atoms with Gasteiger partial charge in [0.1, 0.15) is 0 Å². The standard InChI is InChI=1S/C14H22Cl2N2O2/c1-19-7-5-18(6-8-20-2)14(10-17)12-9-11(15)3-4-13(12)16/h3-4,9,14H,5-8,10,17H2,1-2H3. The van der Waals surface area contributed by atoms with E-state index in [1.54, 1.807) is 26.4 Å². The minimum Gasteiger partial charge on any atom is -0.383 e. The van der Waals surface area contributed by atoms with Gasteiger partial charge in [-0.25, -0.2) is 0 Å². The molecule has 20 heavy (non-hydrogen) atoms. The summed E-state index contributed by atoms with van der Waals surface area (Å²) in [6.45, 7) is 3.21. The highest BCUT2D eigenvalue weighted by atomic mass is 35.5. The Hall–Kier alpha value is -0.360. The van der Waals surface area contributed by atoms with Crippen LogP contribution in [0.5, 0.6) is 0 Å². The first-order valence-electron chi connectivity index (χ1n) is 6.51. The molecule has 0 aliphatic rings. The molecule has 0 spiro atoms. The molecule has 1 aromatic carbocycles. The molecule has 1 unspecified atom stereocenters. The van der Waals surface area contributed by atoms with Gasteiger partial charge in [0.05, 0.1) is 13.2 Å². The quantitative estimate of drug-likeness (QED) is 0.759. The molecule has 0 bridgehead atoms. The fourth-order valence-electron chi connectivity index (χ4n) is 2.08. The Kier molecular flexibility index (Phi) is 8.45. The highest BCUT2D eigenvalue weighted by Crippen LogP contribution is 2.29. The summed E-state index contributed by atoms with van der Waals surface area (Å²) in [6.07, 6.45) is 0. The predicted octanol–water partition coefficient (Wildman–Crippen LogP) is 2.59. The van der Waals surface area contributed by atoms with E-state index >= 15 is 0 Å². The van der Waals surface area contributed by atoms with Gasteiger partial charge < -0.3 is 15.2 Å². The lowest BCUT2D eigenvalue weighted by Gasteiger charge is -2.31. The first-order chi connectivity index (χ1) is 9.63. The van der Waals surface area contributed by atoms with Crippen molar-refractivity contribution < 1.29 is 9.47 Å². The van der Waals surface area contributed by atoms with Crippen molar-refractivity contribution in [2.45, 2.75) is 6.04 Å². The van der Waals surface area contributed by atoms with Crippen LogP contribution in [-0.4, -0.2) is 52.0 Å². The third kappa shape index (κ3) is 5.20. The van der Waals surface area contributed by atoms with Gasteiger partial charge in [-0.05, 0) is 23.8 Å². The van der Waals surface area contributed by atoms with Crippen molar-refractivity contribution in [2.75, 3.05) is 47.1 Å². The van der Waals surface area contributed by atoms with Gasteiger partial charge in [0.2, 0.25) is 0 Å². The molecule has 1 aromatic rings. The number of benzene rings is 1. The second-order valence-electron chi connectivity index (χ2n) is 4.44. The largest absolute Gasteiger partial charge is 0.383 e. The average molecular weight is 321 g/mol. The smallest absolute Gasteiger partial charge is 0.0589 e. The highest BCUT2D eigenvalue weighted by molar-refractivity contribution is 6.33. The molecule has 4 nitrogen and oxygen atoms in total. The lowest BCUT2D eigenvalue weighted by molar-refractivity contribution is 0.0891. The zero-order valence-corrected chi connectivity index (χ0v) is 13.5. The van der Waals surface area contributed by atoms with Crippen LogP contribution >= 0.6 is 23.2 Å². The maximum absolute atomic E-state index is 6.28. The SMILES string of the molecule is COCCN(CCOC)C(CN)c1cc(Cl)ccc1Cl. The highest BCUT2D eigenvalue weighted by Gasteiger charge is 2.21. The normalized spacial score (nSPS) is 12.9. The van der Waals surface area contributed by atoms with Gasteiger partial charge in [-0.15, -0.1) is 0 Å². The van der Waals surface area contributed by atoms with Crippen molar-refractivity contribution in [1.82, 2.24) is 4.90 Å². The minimum absolute atomic E-state index is 0.00787. The zero-order chi connectivity index (χ0) is 15.0. The van der Waals surface area contributed by atoms with Crippen LogP contribution in [0.1, 0.15) is 11.6 Å². The van der Waals surface area contributed by atoms with E-state index in [1.807, 2.05) is 6.07 Å².